The Morgan fingerprint density at radius 3 is 2.61 bits per heavy atom. The van der Waals surface area contributed by atoms with Crippen LogP contribution < -0.4 is 9.80 Å². The van der Waals surface area contributed by atoms with Crippen LogP contribution in [0.1, 0.15) is 29.3 Å². The molecule has 2 fully saturated rings. The summed E-state index contributed by atoms with van der Waals surface area (Å²) in [6, 6.07) is 1.88. The van der Waals surface area contributed by atoms with Crippen LogP contribution in [0.2, 0.25) is 0 Å². The Balaban J connectivity index is 1.20. The summed E-state index contributed by atoms with van der Waals surface area (Å²) in [6.07, 6.45) is 2.54. The summed E-state index contributed by atoms with van der Waals surface area (Å²) in [5.41, 5.74) is 2.01. The molecule has 5 heterocycles. The summed E-state index contributed by atoms with van der Waals surface area (Å²) < 4.78 is 5.69. The second kappa shape index (κ2) is 6.57. The Morgan fingerprint density at radius 2 is 1.89 bits per heavy atom. The van der Waals surface area contributed by atoms with E-state index in [1.807, 2.05) is 19.9 Å². The SMILES string of the molecule is Cc1nccc(N2CC(OC(=O)N3Cc4nc(C)nc(N5CCC5)c4C3)C2)n1. The summed E-state index contributed by atoms with van der Waals surface area (Å²) in [4.78, 5) is 36.4. The first-order chi connectivity index (χ1) is 13.6. The molecule has 1 amide bonds. The molecule has 2 aromatic rings. The largest absolute Gasteiger partial charge is 0.442 e. The van der Waals surface area contributed by atoms with Gasteiger partial charge < -0.3 is 14.5 Å². The number of aromatic nitrogens is 4. The molecule has 5 rings (SSSR count). The molecule has 9 nitrogen and oxygen atoms in total. The Labute approximate surface area is 163 Å². The van der Waals surface area contributed by atoms with Crippen LogP contribution in [0.25, 0.3) is 0 Å². The van der Waals surface area contributed by atoms with Crippen molar-refractivity contribution in [3.63, 3.8) is 0 Å². The van der Waals surface area contributed by atoms with Crippen molar-refractivity contribution in [1.82, 2.24) is 24.8 Å². The third kappa shape index (κ3) is 3.00. The zero-order chi connectivity index (χ0) is 19.3. The summed E-state index contributed by atoms with van der Waals surface area (Å²) in [5, 5.41) is 0. The van der Waals surface area contributed by atoms with Crippen molar-refractivity contribution >= 4 is 17.7 Å². The van der Waals surface area contributed by atoms with Crippen molar-refractivity contribution < 1.29 is 9.53 Å². The van der Waals surface area contributed by atoms with Gasteiger partial charge in [0.2, 0.25) is 0 Å². The lowest BCUT2D eigenvalue weighted by Gasteiger charge is -2.39. The van der Waals surface area contributed by atoms with Crippen molar-refractivity contribution in [2.24, 2.45) is 0 Å². The van der Waals surface area contributed by atoms with E-state index in [0.29, 0.717) is 26.2 Å². The molecular formula is C19H23N7O2. The molecule has 0 aromatic carbocycles. The monoisotopic (exact) mass is 381 g/mol. The molecule has 2 aromatic heterocycles. The van der Waals surface area contributed by atoms with Crippen LogP contribution in [0.15, 0.2) is 12.3 Å². The predicted molar refractivity (Wildman–Crippen MR) is 102 cm³/mol. The summed E-state index contributed by atoms with van der Waals surface area (Å²) in [6.45, 7) is 8.12. The molecule has 3 aliphatic rings. The van der Waals surface area contributed by atoms with Gasteiger partial charge in [0.25, 0.3) is 0 Å². The molecule has 0 saturated carbocycles. The fourth-order valence-corrected chi connectivity index (χ4v) is 3.81. The third-order valence-electron chi connectivity index (χ3n) is 5.49. The Kier molecular flexibility index (Phi) is 4.03. The van der Waals surface area contributed by atoms with Gasteiger partial charge in [-0.2, -0.15) is 0 Å². The zero-order valence-electron chi connectivity index (χ0n) is 16.1. The maximum Gasteiger partial charge on any atom is 0.410 e. The Hall–Kier alpha value is -2.97. The van der Waals surface area contributed by atoms with E-state index < -0.39 is 0 Å². The lowest BCUT2D eigenvalue weighted by atomic mass is 10.1. The average Bonchev–Trinajstić information content (AvgIpc) is 3.00. The second-order valence-electron chi connectivity index (χ2n) is 7.59. The van der Waals surface area contributed by atoms with Crippen molar-refractivity contribution in [3.05, 3.63) is 35.2 Å². The quantitative estimate of drug-likeness (QED) is 0.789. The molecular weight excluding hydrogens is 358 g/mol. The van der Waals surface area contributed by atoms with Crippen LogP contribution in [0.4, 0.5) is 16.4 Å². The molecule has 3 aliphatic heterocycles. The number of aryl methyl sites for hydroxylation is 2. The van der Waals surface area contributed by atoms with E-state index in [0.717, 1.165) is 47.6 Å². The van der Waals surface area contributed by atoms with Gasteiger partial charge in [-0.1, -0.05) is 0 Å². The second-order valence-corrected chi connectivity index (χ2v) is 7.59. The van der Waals surface area contributed by atoms with Gasteiger partial charge >= 0.3 is 6.09 Å². The van der Waals surface area contributed by atoms with Gasteiger partial charge in [-0.25, -0.2) is 24.7 Å². The van der Waals surface area contributed by atoms with Gasteiger partial charge in [0, 0.05) is 24.8 Å². The van der Waals surface area contributed by atoms with E-state index in [4.69, 9.17) is 4.74 Å². The van der Waals surface area contributed by atoms with Crippen molar-refractivity contribution in [2.45, 2.75) is 39.5 Å². The molecule has 0 aliphatic carbocycles. The zero-order valence-corrected chi connectivity index (χ0v) is 16.1. The highest BCUT2D eigenvalue weighted by atomic mass is 16.6. The van der Waals surface area contributed by atoms with Gasteiger partial charge in [-0.05, 0) is 26.3 Å². The van der Waals surface area contributed by atoms with E-state index in [-0.39, 0.29) is 12.2 Å². The first kappa shape index (κ1) is 17.2. The average molecular weight is 381 g/mol. The number of amides is 1. The number of hydrogen-bond acceptors (Lipinski definition) is 8. The van der Waals surface area contributed by atoms with Gasteiger partial charge in [-0.3, -0.25) is 4.90 Å². The number of carbonyl (C=O) groups excluding carboxylic acids is 1. The summed E-state index contributed by atoms with van der Waals surface area (Å²) in [5.74, 6) is 3.35. The highest BCUT2D eigenvalue weighted by Crippen LogP contribution is 2.32. The van der Waals surface area contributed by atoms with Crippen LogP contribution in [0, 0.1) is 13.8 Å². The number of rotatable bonds is 3. The van der Waals surface area contributed by atoms with Crippen LogP contribution in [-0.4, -0.2) is 63.2 Å². The van der Waals surface area contributed by atoms with Gasteiger partial charge in [0.05, 0.1) is 31.9 Å². The lowest BCUT2D eigenvalue weighted by molar-refractivity contribution is 0.0488. The first-order valence-electron chi connectivity index (χ1n) is 9.68. The third-order valence-corrected chi connectivity index (χ3v) is 5.49. The fourth-order valence-electron chi connectivity index (χ4n) is 3.81. The van der Waals surface area contributed by atoms with Crippen LogP contribution in [0.3, 0.4) is 0 Å². The molecule has 28 heavy (non-hydrogen) atoms. The number of ether oxygens (including phenoxy) is 1. The molecule has 0 spiro atoms. The van der Waals surface area contributed by atoms with Crippen LogP contribution in [-0.2, 0) is 17.8 Å². The Morgan fingerprint density at radius 1 is 1.07 bits per heavy atom. The molecule has 9 heteroatoms. The van der Waals surface area contributed by atoms with Gasteiger partial charge in [-0.15, -0.1) is 0 Å². The fraction of sp³-hybridized carbons (Fsp3) is 0.526. The Bertz CT molecular complexity index is 924. The maximum atomic E-state index is 12.7. The van der Waals surface area contributed by atoms with Crippen LogP contribution >= 0.6 is 0 Å². The molecule has 0 radical (unpaired) electrons. The number of fused-ring (bicyclic) bond motifs is 1. The topological polar surface area (TPSA) is 87.6 Å². The molecule has 0 bridgehead atoms. The number of hydrogen-bond donors (Lipinski definition) is 0. The van der Waals surface area contributed by atoms with Crippen molar-refractivity contribution in [1.29, 1.82) is 0 Å². The summed E-state index contributed by atoms with van der Waals surface area (Å²) in [7, 11) is 0. The minimum Gasteiger partial charge on any atom is -0.442 e. The minimum absolute atomic E-state index is 0.117. The highest BCUT2D eigenvalue weighted by molar-refractivity contribution is 5.70. The summed E-state index contributed by atoms with van der Waals surface area (Å²) >= 11 is 0. The van der Waals surface area contributed by atoms with E-state index in [1.54, 1.807) is 11.1 Å². The van der Waals surface area contributed by atoms with Gasteiger partial charge in [0.1, 0.15) is 29.4 Å². The predicted octanol–water partition coefficient (Wildman–Crippen LogP) is 1.43. The normalized spacial score (nSPS) is 18.6. The lowest BCUT2D eigenvalue weighted by Crippen LogP contribution is -2.54. The van der Waals surface area contributed by atoms with Crippen molar-refractivity contribution in [3.8, 4) is 0 Å². The smallest absolute Gasteiger partial charge is 0.410 e. The van der Waals surface area contributed by atoms with E-state index in [2.05, 4.69) is 29.7 Å². The minimum atomic E-state index is -0.284. The number of carbonyl (C=O) groups is 1. The standard InChI is InChI=1S/C19H23N7O2/c1-12-20-5-4-17(22-12)25-8-14(9-25)28-19(27)26-10-15-16(11-26)21-13(2)23-18(15)24-6-3-7-24/h4-5,14H,3,6-11H2,1-2H3. The first-order valence-corrected chi connectivity index (χ1v) is 9.68. The van der Waals surface area contributed by atoms with Crippen molar-refractivity contribution in [2.75, 3.05) is 36.0 Å². The van der Waals surface area contributed by atoms with Gasteiger partial charge in [0.15, 0.2) is 0 Å². The molecule has 0 unspecified atom stereocenters. The number of anilines is 2. The van der Waals surface area contributed by atoms with E-state index in [9.17, 15) is 4.79 Å². The van der Waals surface area contributed by atoms with E-state index >= 15 is 0 Å². The highest BCUT2D eigenvalue weighted by Gasteiger charge is 2.36. The molecule has 0 atom stereocenters. The van der Waals surface area contributed by atoms with Crippen LogP contribution in [0.5, 0.6) is 0 Å². The molecule has 2 saturated heterocycles. The van der Waals surface area contributed by atoms with E-state index in [1.165, 1.54) is 6.42 Å². The maximum absolute atomic E-state index is 12.7. The molecule has 0 N–H and O–H groups in total. The number of nitrogens with zero attached hydrogens (tertiary/aromatic N) is 7. The molecule has 146 valence electrons.